The molecular formula is C25H28N4O9. The van der Waals surface area contributed by atoms with Crippen LogP contribution in [0.3, 0.4) is 0 Å². The number of esters is 1. The molecule has 1 unspecified atom stereocenters. The molecule has 202 valence electrons. The predicted octanol–water partition coefficient (Wildman–Crippen LogP) is 0.666. The first-order valence-corrected chi connectivity index (χ1v) is 11.7. The van der Waals surface area contributed by atoms with Crippen LogP contribution in [-0.2, 0) is 20.7 Å². The monoisotopic (exact) mass is 528 g/mol. The van der Waals surface area contributed by atoms with E-state index in [1.54, 1.807) is 33.1 Å². The Morgan fingerprint density at radius 1 is 1.18 bits per heavy atom. The summed E-state index contributed by atoms with van der Waals surface area (Å²) in [4.78, 5) is 66.8. The maximum absolute atomic E-state index is 13.9. The van der Waals surface area contributed by atoms with Gasteiger partial charge in [-0.05, 0) is 49.7 Å². The second kappa shape index (κ2) is 9.03. The van der Waals surface area contributed by atoms with Crippen LogP contribution in [0.4, 0.5) is 11.4 Å². The van der Waals surface area contributed by atoms with E-state index in [-0.39, 0.29) is 29.5 Å². The topological polar surface area (TPSA) is 200 Å². The van der Waals surface area contributed by atoms with Gasteiger partial charge >= 0.3 is 5.97 Å². The molecule has 38 heavy (non-hydrogen) atoms. The number of nitroso groups, excluding NO2 is 1. The fourth-order valence-electron chi connectivity index (χ4n) is 6.06. The van der Waals surface area contributed by atoms with Crippen molar-refractivity contribution < 1.29 is 39.2 Å². The molecule has 13 nitrogen and oxygen atoms in total. The molecule has 13 heteroatoms. The highest BCUT2D eigenvalue weighted by Crippen LogP contribution is 2.53. The number of carbonyl (C=O) groups excluding carboxylic acids is 4. The van der Waals surface area contributed by atoms with Gasteiger partial charge in [-0.2, -0.15) is 0 Å². The van der Waals surface area contributed by atoms with Gasteiger partial charge in [-0.25, -0.2) is 4.79 Å². The number of methoxy groups -OCH3 is 1. The van der Waals surface area contributed by atoms with E-state index in [2.05, 4.69) is 5.18 Å². The molecule has 0 aromatic heterocycles. The Labute approximate surface area is 217 Å². The summed E-state index contributed by atoms with van der Waals surface area (Å²) in [5, 5.41) is 36.8. The van der Waals surface area contributed by atoms with Gasteiger partial charge < -0.3 is 30.7 Å². The summed E-state index contributed by atoms with van der Waals surface area (Å²) >= 11 is 0. The SMILES string of the molecule is COC(=O)c1cc(N(C)C)c2c(c1N=O)C(=O)C1=C(O)[C@]3(O)C(=O)C(C(N)=O)=C(O)C(N(C)C)[C@@H]3C[C@@H]1C2. The Morgan fingerprint density at radius 2 is 1.82 bits per heavy atom. The number of hydrogen-bond acceptors (Lipinski definition) is 12. The molecule has 0 fully saturated rings. The molecule has 0 radical (unpaired) electrons. The molecule has 1 aromatic rings. The fraction of sp³-hybridized carbons (Fsp3) is 0.440. The summed E-state index contributed by atoms with van der Waals surface area (Å²) < 4.78 is 4.76. The van der Waals surface area contributed by atoms with E-state index in [0.717, 1.165) is 7.11 Å². The minimum Gasteiger partial charge on any atom is -0.510 e. The highest BCUT2D eigenvalue weighted by Gasteiger charge is 2.63. The van der Waals surface area contributed by atoms with Crippen LogP contribution in [0.15, 0.2) is 33.9 Å². The molecule has 0 saturated heterocycles. The normalized spacial score (nSPS) is 26.6. The van der Waals surface area contributed by atoms with E-state index >= 15 is 0 Å². The van der Waals surface area contributed by atoms with Crippen molar-refractivity contribution in [1.29, 1.82) is 0 Å². The molecule has 0 bridgehead atoms. The van der Waals surface area contributed by atoms with Crippen molar-refractivity contribution in [2.24, 2.45) is 22.7 Å². The molecular weight excluding hydrogens is 500 g/mol. The van der Waals surface area contributed by atoms with E-state index in [9.17, 15) is 39.4 Å². The lowest BCUT2D eigenvalue weighted by molar-refractivity contribution is -0.148. The summed E-state index contributed by atoms with van der Waals surface area (Å²) in [6.07, 6.45) is 0.0211. The number of benzene rings is 1. The van der Waals surface area contributed by atoms with Gasteiger partial charge in [0.1, 0.15) is 22.8 Å². The Kier molecular flexibility index (Phi) is 6.40. The van der Waals surface area contributed by atoms with Crippen LogP contribution in [0, 0.1) is 16.7 Å². The number of amides is 1. The number of ether oxygens (including phenoxy) is 1. The highest BCUT2D eigenvalue weighted by atomic mass is 16.5. The maximum Gasteiger partial charge on any atom is 0.340 e. The van der Waals surface area contributed by atoms with E-state index in [4.69, 9.17) is 10.5 Å². The standard InChI is InChI=1S/C25H28N4O9/c1-28(2)13-8-11(24(35)38-5)17(27-37)15-10(13)6-9-7-12-18(29(3)4)20(31)16(23(26)34)22(33)25(12,36)21(32)14(9)19(15)30/h8-9,12,18,31-32,36H,6-7H2,1-5H3,(H2,26,34)/t9-,12-,18?,25-/m0/s1. The third-order valence-corrected chi connectivity index (χ3v) is 7.68. The van der Waals surface area contributed by atoms with E-state index < -0.39 is 69.7 Å². The van der Waals surface area contributed by atoms with Crippen LogP contribution < -0.4 is 10.6 Å². The van der Waals surface area contributed by atoms with Crippen LogP contribution in [0.2, 0.25) is 0 Å². The minimum atomic E-state index is -2.76. The number of fused-ring (bicyclic) bond motifs is 3. The van der Waals surface area contributed by atoms with Crippen molar-refractivity contribution >= 4 is 34.8 Å². The van der Waals surface area contributed by atoms with E-state index in [1.165, 1.54) is 11.0 Å². The molecule has 3 aliphatic rings. The van der Waals surface area contributed by atoms with Crippen LogP contribution >= 0.6 is 0 Å². The van der Waals surface area contributed by atoms with Crippen molar-refractivity contribution in [2.75, 3.05) is 40.2 Å². The lowest BCUT2D eigenvalue weighted by Gasteiger charge is -2.50. The third kappa shape index (κ3) is 3.45. The zero-order valence-corrected chi connectivity index (χ0v) is 21.4. The maximum atomic E-state index is 13.9. The zero-order valence-electron chi connectivity index (χ0n) is 21.4. The number of aliphatic hydroxyl groups excluding tert-OH is 2. The molecule has 1 aromatic carbocycles. The Bertz CT molecular complexity index is 1380. The van der Waals surface area contributed by atoms with Crippen molar-refractivity contribution in [3.8, 4) is 0 Å². The number of primary amides is 1. The number of ketones is 2. The van der Waals surface area contributed by atoms with E-state index in [0.29, 0.717) is 11.3 Å². The minimum absolute atomic E-state index is 0.0543. The number of nitrogens with two attached hydrogens (primary N) is 1. The molecule has 0 spiro atoms. The van der Waals surface area contributed by atoms with Gasteiger partial charge in [0, 0.05) is 31.3 Å². The molecule has 0 aliphatic heterocycles. The molecule has 3 aliphatic carbocycles. The molecule has 4 atom stereocenters. The third-order valence-electron chi connectivity index (χ3n) is 7.68. The molecule has 1 amide bonds. The van der Waals surface area contributed by atoms with Crippen molar-refractivity contribution in [1.82, 2.24) is 4.90 Å². The summed E-state index contributed by atoms with van der Waals surface area (Å²) in [5.74, 6) is -8.00. The highest BCUT2D eigenvalue weighted by molar-refractivity contribution is 6.25. The number of likely N-dealkylation sites (N-methyl/N-ethyl adjacent to an activating group) is 1. The predicted molar refractivity (Wildman–Crippen MR) is 133 cm³/mol. The smallest absolute Gasteiger partial charge is 0.340 e. The first-order valence-electron chi connectivity index (χ1n) is 11.7. The molecule has 5 N–H and O–H groups in total. The first kappa shape index (κ1) is 26.9. The quantitative estimate of drug-likeness (QED) is 0.238. The average molecular weight is 529 g/mol. The second-order valence-corrected chi connectivity index (χ2v) is 10.1. The van der Waals surface area contributed by atoms with E-state index in [1.807, 2.05) is 0 Å². The van der Waals surface area contributed by atoms with Gasteiger partial charge in [-0.3, -0.25) is 19.3 Å². The summed E-state index contributed by atoms with van der Waals surface area (Å²) in [6, 6.07) is 0.297. The van der Waals surface area contributed by atoms with Gasteiger partial charge in [-0.1, -0.05) is 0 Å². The van der Waals surface area contributed by atoms with Gasteiger partial charge in [0.2, 0.25) is 5.78 Å². The molecule has 0 saturated carbocycles. The largest absolute Gasteiger partial charge is 0.510 e. The van der Waals surface area contributed by atoms with Crippen molar-refractivity contribution in [2.45, 2.75) is 24.5 Å². The van der Waals surface area contributed by atoms with Crippen LogP contribution in [-0.4, -0.2) is 90.6 Å². The Balaban J connectivity index is 2.03. The average Bonchev–Trinajstić information content (AvgIpc) is 2.84. The number of allylic oxidation sites excluding steroid dienone is 1. The number of rotatable bonds is 5. The fourth-order valence-corrected chi connectivity index (χ4v) is 6.06. The van der Waals surface area contributed by atoms with Crippen LogP contribution in [0.5, 0.6) is 0 Å². The molecule has 4 rings (SSSR count). The Morgan fingerprint density at radius 3 is 2.32 bits per heavy atom. The number of anilines is 1. The summed E-state index contributed by atoms with van der Waals surface area (Å²) in [5.41, 5.74) is 1.15. The number of Topliss-reactive ketones (excluding diaryl/α,β-unsaturated/α-hetero) is 2. The van der Waals surface area contributed by atoms with Gasteiger partial charge in [0.05, 0.1) is 24.3 Å². The van der Waals surface area contributed by atoms with Crippen molar-refractivity contribution in [3.05, 3.63) is 50.3 Å². The van der Waals surface area contributed by atoms with Crippen LogP contribution in [0.1, 0.15) is 32.7 Å². The molecule has 0 heterocycles. The number of aliphatic hydroxyl groups is 3. The first-order chi connectivity index (χ1) is 17.7. The Hall–Kier alpha value is -4.10. The lowest BCUT2D eigenvalue weighted by atomic mass is 9.58. The lowest BCUT2D eigenvalue weighted by Crippen LogP contribution is -2.63. The van der Waals surface area contributed by atoms with Gasteiger partial charge in [-0.15, -0.1) is 4.91 Å². The van der Waals surface area contributed by atoms with Crippen LogP contribution in [0.25, 0.3) is 0 Å². The zero-order chi connectivity index (χ0) is 28.4. The summed E-state index contributed by atoms with van der Waals surface area (Å²) in [6.45, 7) is 0. The number of carbonyl (C=O) groups is 4. The number of hydrogen-bond donors (Lipinski definition) is 4. The summed E-state index contributed by atoms with van der Waals surface area (Å²) in [7, 11) is 7.55. The van der Waals surface area contributed by atoms with Gasteiger partial charge in [0.15, 0.2) is 11.4 Å². The number of nitrogens with zero attached hydrogens (tertiary/aromatic N) is 3. The van der Waals surface area contributed by atoms with Crippen molar-refractivity contribution in [3.63, 3.8) is 0 Å². The second-order valence-electron chi connectivity index (χ2n) is 10.1. The van der Waals surface area contributed by atoms with Gasteiger partial charge in [0.25, 0.3) is 5.91 Å².